The predicted octanol–water partition coefficient (Wildman–Crippen LogP) is 5.98. The first-order chi connectivity index (χ1) is 16.2. The Labute approximate surface area is 202 Å². The molecule has 33 heavy (non-hydrogen) atoms. The number of para-hydroxylation sites is 1. The first kappa shape index (κ1) is 21.4. The second-order valence-corrected chi connectivity index (χ2v) is 9.32. The molecular weight excluding hydrogens is 446 g/mol. The van der Waals surface area contributed by atoms with Gasteiger partial charge in [-0.15, -0.1) is 0 Å². The Morgan fingerprint density at radius 2 is 1.52 bits per heavy atom. The number of carbonyl (C=O) groups excluding carboxylic acids is 1. The van der Waals surface area contributed by atoms with Crippen LogP contribution in [0.1, 0.15) is 11.1 Å². The summed E-state index contributed by atoms with van der Waals surface area (Å²) in [6.07, 6.45) is 4.65. The van der Waals surface area contributed by atoms with Crippen molar-refractivity contribution < 1.29 is 4.79 Å². The fourth-order valence-electron chi connectivity index (χ4n) is 3.75. The van der Waals surface area contributed by atoms with E-state index in [-0.39, 0.29) is 5.91 Å². The van der Waals surface area contributed by atoms with E-state index in [1.165, 1.54) is 17.3 Å². The summed E-state index contributed by atoms with van der Waals surface area (Å²) in [7, 11) is 0. The average molecular weight is 468 g/mol. The highest BCUT2D eigenvalue weighted by atomic mass is 32.2. The lowest BCUT2D eigenvalue weighted by molar-refractivity contribution is -0.122. The van der Waals surface area contributed by atoms with Crippen LogP contribution in [0.2, 0.25) is 0 Å². The molecule has 1 fully saturated rings. The van der Waals surface area contributed by atoms with Crippen molar-refractivity contribution in [3.8, 4) is 16.9 Å². The Kier molecular flexibility index (Phi) is 6.19. The lowest BCUT2D eigenvalue weighted by atomic mass is 10.1. The number of aromatic nitrogens is 2. The Bertz CT molecular complexity index is 1320. The molecule has 1 aliphatic rings. The maximum atomic E-state index is 13.2. The third kappa shape index (κ3) is 4.67. The number of hydrogen-bond donors (Lipinski definition) is 0. The van der Waals surface area contributed by atoms with Crippen LogP contribution in [0, 0.1) is 0 Å². The van der Waals surface area contributed by atoms with Crippen molar-refractivity contribution in [1.82, 2.24) is 14.7 Å². The zero-order valence-electron chi connectivity index (χ0n) is 17.8. The van der Waals surface area contributed by atoms with E-state index in [0.717, 1.165) is 28.9 Å². The van der Waals surface area contributed by atoms with Crippen LogP contribution in [0.3, 0.4) is 0 Å². The summed E-state index contributed by atoms with van der Waals surface area (Å²) in [5.41, 5.74) is 4.86. The van der Waals surface area contributed by atoms with Crippen molar-refractivity contribution in [2.75, 3.05) is 6.54 Å². The molecule has 0 bridgehead atoms. The van der Waals surface area contributed by atoms with Gasteiger partial charge in [-0.1, -0.05) is 103 Å². The molecule has 0 N–H and O–H groups in total. The van der Waals surface area contributed by atoms with Crippen LogP contribution in [0.15, 0.2) is 102 Å². The second kappa shape index (κ2) is 9.57. The number of thiocarbonyl (C=S) groups is 1. The Hall–Kier alpha value is -3.48. The van der Waals surface area contributed by atoms with Crippen molar-refractivity contribution >= 4 is 40.3 Å². The van der Waals surface area contributed by atoms with Crippen molar-refractivity contribution in [3.63, 3.8) is 0 Å². The quantitative estimate of drug-likeness (QED) is 0.258. The number of nitrogens with zero attached hydrogens (tertiary/aromatic N) is 3. The van der Waals surface area contributed by atoms with E-state index in [2.05, 4.69) is 12.1 Å². The number of hydrogen-bond acceptors (Lipinski definition) is 4. The van der Waals surface area contributed by atoms with Gasteiger partial charge in [-0.05, 0) is 30.2 Å². The van der Waals surface area contributed by atoms with Gasteiger partial charge in [-0.2, -0.15) is 5.10 Å². The predicted molar refractivity (Wildman–Crippen MR) is 139 cm³/mol. The first-order valence-corrected chi connectivity index (χ1v) is 11.9. The SMILES string of the molecule is O=C1/C(=C/c2cn(-c3ccccc3)nc2-c2ccccc2)SC(=S)N1CCc1ccccc1. The molecule has 3 aromatic carbocycles. The van der Waals surface area contributed by atoms with Gasteiger partial charge in [0.15, 0.2) is 0 Å². The van der Waals surface area contributed by atoms with Crippen LogP contribution >= 0.6 is 24.0 Å². The van der Waals surface area contributed by atoms with Gasteiger partial charge >= 0.3 is 0 Å². The third-order valence-corrected chi connectivity index (χ3v) is 6.82. The van der Waals surface area contributed by atoms with E-state index in [1.807, 2.05) is 95.8 Å². The monoisotopic (exact) mass is 467 g/mol. The largest absolute Gasteiger partial charge is 0.293 e. The Morgan fingerprint density at radius 3 is 2.21 bits per heavy atom. The number of thioether (sulfide) groups is 1. The molecule has 4 nitrogen and oxygen atoms in total. The van der Waals surface area contributed by atoms with Gasteiger partial charge in [0.25, 0.3) is 5.91 Å². The minimum absolute atomic E-state index is 0.0487. The van der Waals surface area contributed by atoms with Gasteiger partial charge in [0.1, 0.15) is 4.32 Å². The first-order valence-electron chi connectivity index (χ1n) is 10.7. The number of amides is 1. The highest BCUT2D eigenvalue weighted by molar-refractivity contribution is 8.26. The van der Waals surface area contributed by atoms with Crippen molar-refractivity contribution in [2.24, 2.45) is 0 Å². The van der Waals surface area contributed by atoms with E-state index >= 15 is 0 Å². The van der Waals surface area contributed by atoms with Crippen molar-refractivity contribution in [1.29, 1.82) is 0 Å². The second-order valence-electron chi connectivity index (χ2n) is 7.65. The fourth-order valence-corrected chi connectivity index (χ4v) is 5.05. The fraction of sp³-hybridized carbons (Fsp3) is 0.0741. The van der Waals surface area contributed by atoms with Gasteiger partial charge in [-0.3, -0.25) is 9.69 Å². The molecule has 6 heteroatoms. The molecule has 0 spiro atoms. The van der Waals surface area contributed by atoms with E-state index in [1.54, 1.807) is 4.90 Å². The molecule has 162 valence electrons. The number of rotatable bonds is 6. The zero-order chi connectivity index (χ0) is 22.6. The van der Waals surface area contributed by atoms with Crippen LogP contribution in [0.4, 0.5) is 0 Å². The van der Waals surface area contributed by atoms with Crippen LogP contribution in [-0.4, -0.2) is 31.5 Å². The molecule has 0 unspecified atom stereocenters. The van der Waals surface area contributed by atoms with Gasteiger partial charge in [0, 0.05) is 23.9 Å². The van der Waals surface area contributed by atoms with Gasteiger partial charge < -0.3 is 0 Å². The van der Waals surface area contributed by atoms with Gasteiger partial charge in [0.2, 0.25) is 0 Å². The molecule has 2 heterocycles. The molecule has 0 atom stereocenters. The van der Waals surface area contributed by atoms with E-state index in [9.17, 15) is 4.79 Å². The summed E-state index contributed by atoms with van der Waals surface area (Å²) in [6.45, 7) is 0.570. The normalized spacial score (nSPS) is 14.9. The summed E-state index contributed by atoms with van der Waals surface area (Å²) in [6, 6.07) is 30.1. The summed E-state index contributed by atoms with van der Waals surface area (Å²) in [5, 5.41) is 4.84. The molecule has 1 amide bonds. The van der Waals surface area contributed by atoms with Gasteiger partial charge in [0.05, 0.1) is 16.3 Å². The molecular formula is C27H21N3OS2. The van der Waals surface area contributed by atoms with E-state index in [4.69, 9.17) is 17.3 Å². The zero-order valence-corrected chi connectivity index (χ0v) is 19.4. The van der Waals surface area contributed by atoms with Crippen molar-refractivity contribution in [2.45, 2.75) is 6.42 Å². The molecule has 1 aliphatic heterocycles. The Morgan fingerprint density at radius 1 is 0.879 bits per heavy atom. The Balaban J connectivity index is 1.46. The van der Waals surface area contributed by atoms with E-state index < -0.39 is 0 Å². The highest BCUT2D eigenvalue weighted by Gasteiger charge is 2.32. The van der Waals surface area contributed by atoms with Crippen LogP contribution in [0.25, 0.3) is 23.0 Å². The van der Waals surface area contributed by atoms with E-state index in [0.29, 0.717) is 15.8 Å². The summed E-state index contributed by atoms with van der Waals surface area (Å²) in [5.74, 6) is -0.0487. The standard InChI is InChI=1S/C27H21N3OS2/c31-26-24(33-27(32)29(26)17-16-20-10-4-1-5-11-20)18-22-19-30(23-14-8-3-9-15-23)28-25(22)21-12-6-2-7-13-21/h1-15,18-19H,16-17H2/b24-18-. The average Bonchev–Trinajstić information content (AvgIpc) is 3.40. The summed E-state index contributed by atoms with van der Waals surface area (Å²) in [4.78, 5) is 15.5. The van der Waals surface area contributed by atoms with Crippen molar-refractivity contribution in [3.05, 3.63) is 113 Å². The summed E-state index contributed by atoms with van der Waals surface area (Å²) >= 11 is 6.89. The molecule has 0 saturated carbocycles. The molecule has 0 aliphatic carbocycles. The summed E-state index contributed by atoms with van der Waals surface area (Å²) < 4.78 is 2.45. The third-order valence-electron chi connectivity index (χ3n) is 5.44. The molecule has 1 saturated heterocycles. The maximum absolute atomic E-state index is 13.2. The lowest BCUT2D eigenvalue weighted by Crippen LogP contribution is -2.30. The van der Waals surface area contributed by atoms with Crippen LogP contribution in [-0.2, 0) is 11.2 Å². The topological polar surface area (TPSA) is 38.1 Å². The molecule has 0 radical (unpaired) electrons. The molecule has 4 aromatic rings. The lowest BCUT2D eigenvalue weighted by Gasteiger charge is -2.14. The van der Waals surface area contributed by atoms with Crippen LogP contribution < -0.4 is 0 Å². The number of carbonyl (C=O) groups is 1. The molecule has 1 aromatic heterocycles. The minimum Gasteiger partial charge on any atom is -0.293 e. The number of benzene rings is 3. The van der Waals surface area contributed by atoms with Gasteiger partial charge in [-0.25, -0.2) is 4.68 Å². The molecule has 5 rings (SSSR count). The van der Waals surface area contributed by atoms with Crippen LogP contribution in [0.5, 0.6) is 0 Å². The minimum atomic E-state index is -0.0487. The highest BCUT2D eigenvalue weighted by Crippen LogP contribution is 2.35. The maximum Gasteiger partial charge on any atom is 0.266 e. The smallest absolute Gasteiger partial charge is 0.266 e.